The lowest BCUT2D eigenvalue weighted by Crippen LogP contribution is -2.44. The van der Waals surface area contributed by atoms with E-state index < -0.39 is 0 Å². The summed E-state index contributed by atoms with van der Waals surface area (Å²) in [5.74, 6) is 0.621. The van der Waals surface area contributed by atoms with Gasteiger partial charge in [-0.05, 0) is 43.0 Å². The molecule has 1 fully saturated rings. The summed E-state index contributed by atoms with van der Waals surface area (Å²) in [6.45, 7) is 6.20. The lowest BCUT2D eigenvalue weighted by atomic mass is 10.0. The molecule has 1 aliphatic rings. The zero-order valence-electron chi connectivity index (χ0n) is 12.9. The van der Waals surface area contributed by atoms with Crippen molar-refractivity contribution in [1.82, 2.24) is 10.2 Å². The number of hydrogen-bond acceptors (Lipinski definition) is 2. The zero-order chi connectivity index (χ0) is 14.5. The van der Waals surface area contributed by atoms with Crippen LogP contribution in [0.1, 0.15) is 54.9 Å². The molecule has 0 bridgehead atoms. The maximum atomic E-state index is 12.4. The second kappa shape index (κ2) is 6.89. The van der Waals surface area contributed by atoms with Gasteiger partial charge < -0.3 is 10.2 Å². The molecule has 0 aromatic heterocycles. The van der Waals surface area contributed by atoms with Crippen molar-refractivity contribution in [1.29, 1.82) is 0 Å². The number of benzene rings is 1. The van der Waals surface area contributed by atoms with Crippen LogP contribution in [0.15, 0.2) is 24.3 Å². The van der Waals surface area contributed by atoms with Crippen LogP contribution in [-0.2, 0) is 0 Å². The highest BCUT2D eigenvalue weighted by Crippen LogP contribution is 2.16. The first-order chi connectivity index (χ1) is 9.58. The second-order valence-electron chi connectivity index (χ2n) is 6.11. The van der Waals surface area contributed by atoms with Gasteiger partial charge in [0.05, 0.1) is 0 Å². The van der Waals surface area contributed by atoms with Crippen molar-refractivity contribution < 1.29 is 4.79 Å². The average molecular weight is 274 g/mol. The summed E-state index contributed by atoms with van der Waals surface area (Å²) >= 11 is 0. The number of nitrogens with zero attached hydrogens (tertiary/aromatic N) is 1. The fourth-order valence-corrected chi connectivity index (χ4v) is 2.72. The molecule has 3 heteroatoms. The number of likely N-dealkylation sites (N-methyl/N-ethyl adjacent to an activating group) is 1. The van der Waals surface area contributed by atoms with Crippen LogP contribution in [-0.4, -0.2) is 37.0 Å². The van der Waals surface area contributed by atoms with Gasteiger partial charge in [0.1, 0.15) is 0 Å². The predicted molar refractivity (Wildman–Crippen MR) is 83.1 cm³/mol. The molecule has 1 heterocycles. The van der Waals surface area contributed by atoms with Crippen molar-refractivity contribution in [3.8, 4) is 0 Å². The van der Waals surface area contributed by atoms with E-state index in [0.717, 1.165) is 18.7 Å². The lowest BCUT2D eigenvalue weighted by molar-refractivity contribution is 0.0775. The Labute approximate surface area is 122 Å². The Morgan fingerprint density at radius 1 is 1.30 bits per heavy atom. The second-order valence-corrected chi connectivity index (χ2v) is 6.11. The topological polar surface area (TPSA) is 32.3 Å². The lowest BCUT2D eigenvalue weighted by Gasteiger charge is -2.28. The highest BCUT2D eigenvalue weighted by molar-refractivity contribution is 5.94. The van der Waals surface area contributed by atoms with Gasteiger partial charge in [0.2, 0.25) is 0 Å². The standard InChI is InChI=1S/C17H26N2O/c1-13(2)14-7-9-15(10-8-14)17(20)19(3)12-16-6-4-5-11-18-16/h7-10,13,16,18H,4-6,11-12H2,1-3H3. The van der Waals surface area contributed by atoms with Gasteiger partial charge in [-0.3, -0.25) is 4.79 Å². The van der Waals surface area contributed by atoms with Crippen LogP contribution in [0.5, 0.6) is 0 Å². The van der Waals surface area contributed by atoms with Crippen molar-refractivity contribution in [2.75, 3.05) is 20.1 Å². The van der Waals surface area contributed by atoms with Crippen LogP contribution in [0.3, 0.4) is 0 Å². The van der Waals surface area contributed by atoms with E-state index in [1.807, 2.05) is 24.1 Å². The molecule has 110 valence electrons. The third kappa shape index (κ3) is 3.83. The first-order valence-electron chi connectivity index (χ1n) is 7.66. The van der Waals surface area contributed by atoms with Crippen LogP contribution in [0, 0.1) is 0 Å². The largest absolute Gasteiger partial charge is 0.340 e. The summed E-state index contributed by atoms with van der Waals surface area (Å²) in [6, 6.07) is 8.47. The zero-order valence-corrected chi connectivity index (χ0v) is 12.9. The van der Waals surface area contributed by atoms with Crippen LogP contribution in [0.25, 0.3) is 0 Å². The van der Waals surface area contributed by atoms with E-state index in [2.05, 4.69) is 31.3 Å². The minimum absolute atomic E-state index is 0.118. The normalized spacial score (nSPS) is 19.1. The highest BCUT2D eigenvalue weighted by Gasteiger charge is 2.18. The van der Waals surface area contributed by atoms with Gasteiger partial charge in [-0.1, -0.05) is 32.4 Å². The van der Waals surface area contributed by atoms with Crippen molar-refractivity contribution >= 4 is 5.91 Å². The van der Waals surface area contributed by atoms with Gasteiger partial charge in [-0.2, -0.15) is 0 Å². The Hall–Kier alpha value is -1.35. The molecule has 1 aromatic carbocycles. The summed E-state index contributed by atoms with van der Waals surface area (Å²) in [5, 5.41) is 3.49. The fraction of sp³-hybridized carbons (Fsp3) is 0.588. The molecule has 3 nitrogen and oxygen atoms in total. The molecule has 1 atom stereocenters. The molecule has 1 aliphatic heterocycles. The van der Waals surface area contributed by atoms with Crippen LogP contribution in [0.2, 0.25) is 0 Å². The number of rotatable bonds is 4. The molecule has 0 saturated carbocycles. The minimum Gasteiger partial charge on any atom is -0.340 e. The van der Waals surface area contributed by atoms with Crippen LogP contribution >= 0.6 is 0 Å². The molecule has 20 heavy (non-hydrogen) atoms. The van der Waals surface area contributed by atoms with Gasteiger partial charge in [0.25, 0.3) is 5.91 Å². The van der Waals surface area contributed by atoms with E-state index in [-0.39, 0.29) is 5.91 Å². The first kappa shape index (κ1) is 15.0. The Morgan fingerprint density at radius 2 is 2.00 bits per heavy atom. The van der Waals surface area contributed by atoms with Gasteiger partial charge in [0, 0.05) is 25.2 Å². The maximum Gasteiger partial charge on any atom is 0.253 e. The Morgan fingerprint density at radius 3 is 2.55 bits per heavy atom. The smallest absolute Gasteiger partial charge is 0.253 e. The quantitative estimate of drug-likeness (QED) is 0.915. The predicted octanol–water partition coefficient (Wildman–Crippen LogP) is 3.02. The van der Waals surface area contributed by atoms with E-state index in [4.69, 9.17) is 0 Å². The van der Waals surface area contributed by atoms with E-state index in [0.29, 0.717) is 12.0 Å². The van der Waals surface area contributed by atoms with Crippen molar-refractivity contribution in [3.63, 3.8) is 0 Å². The van der Waals surface area contributed by atoms with E-state index in [1.54, 1.807) is 0 Å². The van der Waals surface area contributed by atoms with Crippen molar-refractivity contribution in [3.05, 3.63) is 35.4 Å². The van der Waals surface area contributed by atoms with Crippen molar-refractivity contribution in [2.24, 2.45) is 0 Å². The van der Waals surface area contributed by atoms with Gasteiger partial charge >= 0.3 is 0 Å². The molecule has 0 spiro atoms. The molecule has 1 aromatic rings. The Balaban J connectivity index is 1.95. The monoisotopic (exact) mass is 274 g/mol. The molecule has 1 unspecified atom stereocenters. The first-order valence-corrected chi connectivity index (χ1v) is 7.66. The molecule has 1 N–H and O–H groups in total. The third-order valence-electron chi connectivity index (χ3n) is 4.08. The third-order valence-corrected chi connectivity index (χ3v) is 4.08. The van der Waals surface area contributed by atoms with E-state index >= 15 is 0 Å². The summed E-state index contributed by atoms with van der Waals surface area (Å²) in [7, 11) is 1.90. The number of nitrogens with one attached hydrogen (secondary N) is 1. The highest BCUT2D eigenvalue weighted by atomic mass is 16.2. The Kier molecular flexibility index (Phi) is 5.18. The van der Waals surface area contributed by atoms with Gasteiger partial charge in [-0.15, -0.1) is 0 Å². The fourth-order valence-electron chi connectivity index (χ4n) is 2.72. The number of hydrogen-bond donors (Lipinski definition) is 1. The number of carbonyl (C=O) groups is 1. The molecule has 1 saturated heterocycles. The number of piperidine rings is 1. The summed E-state index contributed by atoms with van der Waals surface area (Å²) in [4.78, 5) is 14.2. The summed E-state index contributed by atoms with van der Waals surface area (Å²) in [6.07, 6.45) is 3.69. The Bertz CT molecular complexity index is 433. The SMILES string of the molecule is CC(C)c1ccc(C(=O)N(C)CC2CCCCN2)cc1. The van der Waals surface area contributed by atoms with Crippen LogP contribution in [0.4, 0.5) is 0 Å². The van der Waals surface area contributed by atoms with Crippen LogP contribution < -0.4 is 5.32 Å². The molecular weight excluding hydrogens is 248 g/mol. The van der Waals surface area contributed by atoms with Crippen molar-refractivity contribution in [2.45, 2.75) is 45.1 Å². The summed E-state index contributed by atoms with van der Waals surface area (Å²) in [5.41, 5.74) is 2.06. The summed E-state index contributed by atoms with van der Waals surface area (Å²) < 4.78 is 0. The maximum absolute atomic E-state index is 12.4. The van der Waals surface area contributed by atoms with Gasteiger partial charge in [-0.25, -0.2) is 0 Å². The average Bonchev–Trinajstić information content (AvgIpc) is 2.47. The molecule has 1 amide bonds. The number of amides is 1. The molecule has 0 radical (unpaired) electrons. The van der Waals surface area contributed by atoms with E-state index in [9.17, 15) is 4.79 Å². The molecule has 2 rings (SSSR count). The molecular formula is C17H26N2O. The number of carbonyl (C=O) groups excluding carboxylic acids is 1. The van der Waals surface area contributed by atoms with E-state index in [1.165, 1.54) is 24.8 Å². The molecule has 0 aliphatic carbocycles. The van der Waals surface area contributed by atoms with Gasteiger partial charge in [0.15, 0.2) is 0 Å². The minimum atomic E-state index is 0.118.